The van der Waals surface area contributed by atoms with Crippen LogP contribution in [0.5, 0.6) is 0 Å². The number of carbonyl (C=O) groups is 1. The zero-order valence-corrected chi connectivity index (χ0v) is 18.4. The number of likely N-dealkylation sites (N-methyl/N-ethyl adjacent to an activating group) is 1. The minimum Gasteiger partial charge on any atom is -0.467 e. The van der Waals surface area contributed by atoms with Crippen LogP contribution in [0, 0.1) is 0 Å². The Balaban J connectivity index is 0.00000338. The number of nitrogens with one attached hydrogen (secondary N) is 2. The summed E-state index contributed by atoms with van der Waals surface area (Å²) in [4.78, 5) is 20.7. The SMILES string of the molecule is CCNC(=NCc1ccco1)NCCCN1CCCC1C(=O)N(C)C.I. The largest absolute Gasteiger partial charge is 0.467 e. The maximum absolute atomic E-state index is 12.2. The number of hydrogen-bond donors (Lipinski definition) is 2. The van der Waals surface area contributed by atoms with Gasteiger partial charge in [0.05, 0.1) is 12.3 Å². The second-order valence-corrected chi connectivity index (χ2v) is 6.48. The quantitative estimate of drug-likeness (QED) is 0.259. The van der Waals surface area contributed by atoms with E-state index in [1.807, 2.05) is 33.2 Å². The fraction of sp³-hybridized carbons (Fsp3) is 0.667. The number of hydrogen-bond acceptors (Lipinski definition) is 4. The summed E-state index contributed by atoms with van der Waals surface area (Å²) in [5.74, 6) is 1.86. The van der Waals surface area contributed by atoms with E-state index in [1.165, 1.54) is 0 Å². The molecule has 1 aromatic rings. The summed E-state index contributed by atoms with van der Waals surface area (Å²) in [7, 11) is 3.66. The highest BCUT2D eigenvalue weighted by Crippen LogP contribution is 2.18. The van der Waals surface area contributed by atoms with E-state index >= 15 is 0 Å². The molecule has 1 saturated heterocycles. The zero-order valence-electron chi connectivity index (χ0n) is 16.0. The van der Waals surface area contributed by atoms with Crippen LogP contribution < -0.4 is 10.6 Å². The third-order valence-electron chi connectivity index (χ3n) is 4.32. The van der Waals surface area contributed by atoms with Gasteiger partial charge in [0.15, 0.2) is 5.96 Å². The molecular weight excluding hydrogens is 445 g/mol. The molecular formula is C18H32IN5O2. The highest BCUT2D eigenvalue weighted by atomic mass is 127. The van der Waals surface area contributed by atoms with Crippen molar-refractivity contribution in [2.45, 2.75) is 38.8 Å². The van der Waals surface area contributed by atoms with E-state index in [9.17, 15) is 4.79 Å². The Bertz CT molecular complexity index is 548. The summed E-state index contributed by atoms with van der Waals surface area (Å²) in [6.07, 6.45) is 4.71. The monoisotopic (exact) mass is 477 g/mol. The molecule has 0 spiro atoms. The molecule has 0 radical (unpaired) electrons. The second-order valence-electron chi connectivity index (χ2n) is 6.48. The van der Waals surface area contributed by atoms with E-state index in [0.717, 1.165) is 57.2 Å². The van der Waals surface area contributed by atoms with Gasteiger partial charge in [-0.1, -0.05) is 0 Å². The molecule has 1 aromatic heterocycles. The molecule has 1 aliphatic rings. The van der Waals surface area contributed by atoms with Crippen molar-refractivity contribution in [3.05, 3.63) is 24.2 Å². The highest BCUT2D eigenvalue weighted by Gasteiger charge is 2.30. The van der Waals surface area contributed by atoms with Gasteiger partial charge in [0.25, 0.3) is 0 Å². The molecule has 0 bridgehead atoms. The molecule has 2 rings (SSSR count). The van der Waals surface area contributed by atoms with Crippen LogP contribution in [0.1, 0.15) is 31.9 Å². The minimum atomic E-state index is 0. The van der Waals surface area contributed by atoms with Crippen LogP contribution in [0.4, 0.5) is 0 Å². The highest BCUT2D eigenvalue weighted by molar-refractivity contribution is 14.0. The maximum atomic E-state index is 12.2. The molecule has 7 nitrogen and oxygen atoms in total. The van der Waals surface area contributed by atoms with Gasteiger partial charge in [0.2, 0.25) is 5.91 Å². The molecule has 1 unspecified atom stereocenters. The molecule has 0 saturated carbocycles. The number of halogens is 1. The predicted octanol–water partition coefficient (Wildman–Crippen LogP) is 1.90. The van der Waals surface area contributed by atoms with Gasteiger partial charge in [-0.2, -0.15) is 0 Å². The topological polar surface area (TPSA) is 73.1 Å². The summed E-state index contributed by atoms with van der Waals surface area (Å²) >= 11 is 0. The smallest absolute Gasteiger partial charge is 0.239 e. The standard InChI is InChI=1S/C18H31N5O2.HI/c1-4-19-18(21-14-15-8-6-13-25-15)20-10-7-12-23-11-5-9-16(23)17(24)22(2)3;/h6,8,13,16H,4-5,7,9-12,14H2,1-3H3,(H2,19,20,21);1H. The normalized spacial score (nSPS) is 17.7. The molecule has 26 heavy (non-hydrogen) atoms. The molecule has 148 valence electrons. The van der Waals surface area contributed by atoms with E-state index in [1.54, 1.807) is 11.2 Å². The van der Waals surface area contributed by atoms with Gasteiger partial charge in [-0.25, -0.2) is 4.99 Å². The van der Waals surface area contributed by atoms with Gasteiger partial charge in [-0.05, 0) is 44.9 Å². The van der Waals surface area contributed by atoms with Crippen molar-refractivity contribution in [1.29, 1.82) is 0 Å². The third kappa shape index (κ3) is 7.14. The van der Waals surface area contributed by atoms with Crippen LogP contribution in [0.15, 0.2) is 27.8 Å². The molecule has 0 aliphatic carbocycles. The number of amides is 1. The Morgan fingerprint density at radius 2 is 2.23 bits per heavy atom. The Kier molecular flexibility index (Phi) is 10.6. The zero-order chi connectivity index (χ0) is 18.1. The number of likely N-dealkylation sites (tertiary alicyclic amines) is 1. The minimum absolute atomic E-state index is 0. The maximum Gasteiger partial charge on any atom is 0.239 e. The predicted molar refractivity (Wildman–Crippen MR) is 115 cm³/mol. The van der Waals surface area contributed by atoms with E-state index in [2.05, 4.69) is 20.5 Å². The summed E-state index contributed by atoms with van der Waals surface area (Å²) in [6, 6.07) is 3.84. The average molecular weight is 477 g/mol. The first-order valence-corrected chi connectivity index (χ1v) is 9.11. The Labute approximate surface area is 173 Å². The number of aliphatic imine (C=N–C) groups is 1. The van der Waals surface area contributed by atoms with Crippen LogP contribution in [-0.2, 0) is 11.3 Å². The molecule has 0 aromatic carbocycles. The summed E-state index contributed by atoms with van der Waals surface area (Å²) < 4.78 is 5.30. The molecule has 1 fully saturated rings. The molecule has 1 atom stereocenters. The van der Waals surface area contributed by atoms with Crippen LogP contribution in [0.3, 0.4) is 0 Å². The number of nitrogens with zero attached hydrogens (tertiary/aromatic N) is 3. The first-order valence-electron chi connectivity index (χ1n) is 9.11. The number of rotatable bonds is 8. The summed E-state index contributed by atoms with van der Waals surface area (Å²) in [6.45, 7) is 6.14. The average Bonchev–Trinajstić information content (AvgIpc) is 3.27. The van der Waals surface area contributed by atoms with Crippen molar-refractivity contribution in [3.63, 3.8) is 0 Å². The Hall–Kier alpha value is -1.29. The van der Waals surface area contributed by atoms with Gasteiger partial charge < -0.3 is 20.0 Å². The van der Waals surface area contributed by atoms with Crippen LogP contribution in [0.25, 0.3) is 0 Å². The van der Waals surface area contributed by atoms with Crippen LogP contribution in [-0.4, -0.2) is 68.0 Å². The van der Waals surface area contributed by atoms with Crippen molar-refractivity contribution in [2.75, 3.05) is 40.3 Å². The Morgan fingerprint density at radius 3 is 2.88 bits per heavy atom. The van der Waals surface area contributed by atoms with Crippen molar-refractivity contribution in [2.24, 2.45) is 4.99 Å². The fourth-order valence-corrected chi connectivity index (χ4v) is 3.06. The lowest BCUT2D eigenvalue weighted by Gasteiger charge is -2.26. The van der Waals surface area contributed by atoms with Crippen molar-refractivity contribution >= 4 is 35.8 Å². The number of guanidine groups is 1. The van der Waals surface area contributed by atoms with Crippen LogP contribution in [0.2, 0.25) is 0 Å². The van der Waals surface area contributed by atoms with Crippen LogP contribution >= 0.6 is 24.0 Å². The second kappa shape index (κ2) is 12.2. The molecule has 8 heteroatoms. The fourth-order valence-electron chi connectivity index (χ4n) is 3.06. The molecule has 2 N–H and O–H groups in total. The van der Waals surface area contributed by atoms with Gasteiger partial charge in [0.1, 0.15) is 12.3 Å². The lowest BCUT2D eigenvalue weighted by molar-refractivity contribution is -0.133. The van der Waals surface area contributed by atoms with E-state index in [-0.39, 0.29) is 35.9 Å². The Morgan fingerprint density at radius 1 is 1.42 bits per heavy atom. The van der Waals surface area contributed by atoms with Gasteiger partial charge in [-0.15, -0.1) is 24.0 Å². The number of furan rings is 1. The van der Waals surface area contributed by atoms with E-state index in [4.69, 9.17) is 4.42 Å². The van der Waals surface area contributed by atoms with E-state index < -0.39 is 0 Å². The first kappa shape index (κ1) is 22.8. The van der Waals surface area contributed by atoms with Crippen molar-refractivity contribution in [3.8, 4) is 0 Å². The van der Waals surface area contributed by atoms with E-state index in [0.29, 0.717) is 6.54 Å². The van der Waals surface area contributed by atoms with Gasteiger partial charge in [-0.3, -0.25) is 9.69 Å². The van der Waals surface area contributed by atoms with Gasteiger partial charge >= 0.3 is 0 Å². The lowest BCUT2D eigenvalue weighted by Crippen LogP contribution is -2.44. The summed E-state index contributed by atoms with van der Waals surface area (Å²) in [5.41, 5.74) is 0. The molecule has 1 amide bonds. The van der Waals surface area contributed by atoms with Crippen molar-refractivity contribution in [1.82, 2.24) is 20.4 Å². The molecule has 1 aliphatic heterocycles. The molecule has 2 heterocycles. The lowest BCUT2D eigenvalue weighted by atomic mass is 10.2. The number of carbonyl (C=O) groups excluding carboxylic acids is 1. The first-order chi connectivity index (χ1) is 12.1. The van der Waals surface area contributed by atoms with Crippen molar-refractivity contribution < 1.29 is 9.21 Å². The summed E-state index contributed by atoms with van der Waals surface area (Å²) in [5, 5.41) is 6.59. The van der Waals surface area contributed by atoms with Gasteiger partial charge in [0, 0.05) is 33.7 Å². The third-order valence-corrected chi connectivity index (χ3v) is 4.32.